The van der Waals surface area contributed by atoms with Gasteiger partial charge in [-0.3, -0.25) is 14.4 Å². The van der Waals surface area contributed by atoms with Crippen LogP contribution in [-0.2, 0) is 4.79 Å². The Kier molecular flexibility index (Phi) is 9.69. The molecule has 2 aromatic rings. The maximum absolute atomic E-state index is 14.0. The fourth-order valence-electron chi connectivity index (χ4n) is 4.53. The minimum atomic E-state index is -0.873. The summed E-state index contributed by atoms with van der Waals surface area (Å²) in [4.78, 5) is 41.2. The molecule has 1 aromatic carbocycles. The van der Waals surface area contributed by atoms with Crippen LogP contribution in [0.4, 0.5) is 5.69 Å². The number of anilines is 1. The Morgan fingerprint density at radius 2 is 1.83 bits per heavy atom. The number of benzene rings is 1. The molecule has 0 bridgehead atoms. The molecule has 1 atom stereocenters. The first-order valence-electron chi connectivity index (χ1n) is 12.6. The summed E-state index contributed by atoms with van der Waals surface area (Å²) >= 11 is 0.841. The van der Waals surface area contributed by atoms with Crippen LogP contribution in [0.3, 0.4) is 0 Å². The van der Waals surface area contributed by atoms with E-state index in [1.54, 1.807) is 4.90 Å². The Bertz CT molecular complexity index is 1050. The second-order valence-corrected chi connectivity index (χ2v) is 10.3. The number of nitrogen functional groups attached to an aromatic ring is 1. The SMILES string of the molecule is CCOc1ccc([C@H](C(=O)NCCC(C)C)N(C(=O)c2snc(C(N)=O)c2N)C2CCCCC2)cc1. The van der Waals surface area contributed by atoms with Crippen LogP contribution < -0.4 is 21.5 Å². The molecular formula is C26H37N5O4S. The van der Waals surface area contributed by atoms with Gasteiger partial charge in [0, 0.05) is 12.6 Å². The van der Waals surface area contributed by atoms with E-state index in [4.69, 9.17) is 16.2 Å². The number of carbonyl (C=O) groups is 3. The molecule has 0 unspecified atom stereocenters. The molecule has 5 N–H and O–H groups in total. The minimum Gasteiger partial charge on any atom is -0.494 e. The van der Waals surface area contributed by atoms with Crippen LogP contribution in [0.15, 0.2) is 24.3 Å². The summed E-state index contributed by atoms with van der Waals surface area (Å²) in [6.07, 6.45) is 5.39. The average molecular weight is 516 g/mol. The lowest BCUT2D eigenvalue weighted by Crippen LogP contribution is -2.49. The highest BCUT2D eigenvalue weighted by molar-refractivity contribution is 7.09. The van der Waals surface area contributed by atoms with Crippen molar-refractivity contribution in [3.8, 4) is 5.75 Å². The van der Waals surface area contributed by atoms with Gasteiger partial charge in [0.2, 0.25) is 5.91 Å². The van der Waals surface area contributed by atoms with Crippen molar-refractivity contribution < 1.29 is 19.1 Å². The van der Waals surface area contributed by atoms with E-state index < -0.39 is 17.9 Å². The normalized spacial score (nSPS) is 14.9. The number of rotatable bonds is 11. The number of ether oxygens (including phenoxy) is 1. The lowest BCUT2D eigenvalue weighted by atomic mass is 9.91. The molecule has 3 amide bonds. The molecular weight excluding hydrogens is 478 g/mol. The Hall–Kier alpha value is -3.14. The third-order valence-corrected chi connectivity index (χ3v) is 7.26. The number of amides is 3. The highest BCUT2D eigenvalue weighted by Gasteiger charge is 2.39. The van der Waals surface area contributed by atoms with Gasteiger partial charge >= 0.3 is 0 Å². The van der Waals surface area contributed by atoms with Crippen LogP contribution in [-0.4, -0.2) is 46.2 Å². The molecule has 10 heteroatoms. The smallest absolute Gasteiger partial charge is 0.270 e. The largest absolute Gasteiger partial charge is 0.494 e. The lowest BCUT2D eigenvalue weighted by molar-refractivity contribution is -0.127. The average Bonchev–Trinajstić information content (AvgIpc) is 3.24. The highest BCUT2D eigenvalue weighted by atomic mass is 32.1. The van der Waals surface area contributed by atoms with Crippen LogP contribution in [0.1, 0.15) is 91.1 Å². The molecule has 1 aromatic heterocycles. The zero-order valence-corrected chi connectivity index (χ0v) is 22.1. The molecule has 1 aliphatic carbocycles. The summed E-state index contributed by atoms with van der Waals surface area (Å²) < 4.78 is 9.60. The Labute approximate surface area is 216 Å². The summed E-state index contributed by atoms with van der Waals surface area (Å²) in [5.74, 6) is -0.344. The van der Waals surface area contributed by atoms with Crippen molar-refractivity contribution in [3.05, 3.63) is 40.4 Å². The lowest BCUT2D eigenvalue weighted by Gasteiger charge is -2.39. The van der Waals surface area contributed by atoms with E-state index in [9.17, 15) is 14.4 Å². The first kappa shape index (κ1) is 27.4. The van der Waals surface area contributed by atoms with Crippen molar-refractivity contribution in [2.75, 3.05) is 18.9 Å². The molecule has 1 heterocycles. The molecule has 9 nitrogen and oxygen atoms in total. The van der Waals surface area contributed by atoms with Crippen LogP contribution >= 0.6 is 11.5 Å². The van der Waals surface area contributed by atoms with Crippen molar-refractivity contribution in [1.82, 2.24) is 14.6 Å². The van der Waals surface area contributed by atoms with Gasteiger partial charge in [-0.25, -0.2) is 0 Å². The Balaban J connectivity index is 2.05. The maximum atomic E-state index is 14.0. The van der Waals surface area contributed by atoms with E-state index in [0.29, 0.717) is 30.4 Å². The van der Waals surface area contributed by atoms with E-state index in [1.807, 2.05) is 31.2 Å². The van der Waals surface area contributed by atoms with Crippen LogP contribution in [0.25, 0.3) is 0 Å². The molecule has 1 fully saturated rings. The summed E-state index contributed by atoms with van der Waals surface area (Å²) in [6, 6.07) is 6.24. The van der Waals surface area contributed by atoms with Crippen molar-refractivity contribution >= 4 is 34.9 Å². The number of nitrogens with two attached hydrogens (primary N) is 2. The Morgan fingerprint density at radius 3 is 2.39 bits per heavy atom. The van der Waals surface area contributed by atoms with Crippen molar-refractivity contribution in [2.24, 2.45) is 11.7 Å². The Morgan fingerprint density at radius 1 is 1.17 bits per heavy atom. The maximum Gasteiger partial charge on any atom is 0.270 e. The topological polar surface area (TPSA) is 141 Å². The van der Waals surface area contributed by atoms with Gasteiger partial charge in [0.25, 0.3) is 11.8 Å². The van der Waals surface area contributed by atoms with Gasteiger partial charge < -0.3 is 26.4 Å². The molecule has 0 radical (unpaired) electrons. The first-order chi connectivity index (χ1) is 17.2. The van der Waals surface area contributed by atoms with Crippen LogP contribution in [0.5, 0.6) is 5.75 Å². The fourth-order valence-corrected chi connectivity index (χ4v) is 5.28. The summed E-state index contributed by atoms with van der Waals surface area (Å²) in [6.45, 7) is 7.12. The fraction of sp³-hybridized carbons (Fsp3) is 0.538. The number of nitrogens with zero attached hydrogens (tertiary/aromatic N) is 2. The van der Waals surface area contributed by atoms with Crippen LogP contribution in [0.2, 0.25) is 0 Å². The molecule has 1 saturated carbocycles. The second kappa shape index (κ2) is 12.7. The third kappa shape index (κ3) is 6.54. The zero-order valence-electron chi connectivity index (χ0n) is 21.3. The van der Waals surface area contributed by atoms with E-state index in [1.165, 1.54) is 0 Å². The van der Waals surface area contributed by atoms with Gasteiger partial charge in [0.1, 0.15) is 16.7 Å². The molecule has 0 saturated heterocycles. The predicted molar refractivity (Wildman–Crippen MR) is 141 cm³/mol. The molecule has 0 spiro atoms. The highest BCUT2D eigenvalue weighted by Crippen LogP contribution is 2.35. The van der Waals surface area contributed by atoms with E-state index >= 15 is 0 Å². The molecule has 0 aliphatic heterocycles. The summed E-state index contributed by atoms with van der Waals surface area (Å²) in [7, 11) is 0. The van der Waals surface area contributed by atoms with Gasteiger partial charge in [0.05, 0.1) is 12.3 Å². The van der Waals surface area contributed by atoms with Crippen molar-refractivity contribution in [2.45, 2.75) is 71.4 Å². The second-order valence-electron chi connectivity index (χ2n) is 9.52. The van der Waals surface area contributed by atoms with Gasteiger partial charge in [-0.05, 0) is 61.3 Å². The monoisotopic (exact) mass is 515 g/mol. The van der Waals surface area contributed by atoms with E-state index in [0.717, 1.165) is 50.1 Å². The number of carbonyl (C=O) groups excluding carboxylic acids is 3. The molecule has 36 heavy (non-hydrogen) atoms. The molecule has 1 aliphatic rings. The number of primary amides is 1. The van der Waals surface area contributed by atoms with Crippen molar-refractivity contribution in [3.63, 3.8) is 0 Å². The predicted octanol–water partition coefficient (Wildman–Crippen LogP) is 3.90. The number of aromatic nitrogens is 1. The van der Waals surface area contributed by atoms with Gasteiger partial charge in [-0.1, -0.05) is 45.2 Å². The standard InChI is InChI=1S/C26H37N5O4S/c1-4-35-19-12-10-17(11-13-19)22(25(33)29-15-14-16(2)3)31(18-8-6-5-7-9-18)26(34)23-20(27)21(24(28)32)30-36-23/h10-13,16,18,22H,4-9,14-15,27H2,1-3H3,(H2,28,32)(H,29,33)/t22-/m1/s1. The van der Waals surface area contributed by atoms with Gasteiger partial charge in [-0.15, -0.1) is 0 Å². The van der Waals surface area contributed by atoms with E-state index in [2.05, 4.69) is 23.5 Å². The van der Waals surface area contributed by atoms with E-state index in [-0.39, 0.29) is 28.2 Å². The summed E-state index contributed by atoms with van der Waals surface area (Å²) in [5.41, 5.74) is 12.0. The van der Waals surface area contributed by atoms with Gasteiger partial charge in [0.15, 0.2) is 5.69 Å². The van der Waals surface area contributed by atoms with Crippen molar-refractivity contribution in [1.29, 1.82) is 0 Å². The van der Waals surface area contributed by atoms with Gasteiger partial charge in [-0.2, -0.15) is 4.37 Å². The number of hydrogen-bond donors (Lipinski definition) is 3. The zero-order chi connectivity index (χ0) is 26.2. The molecule has 196 valence electrons. The third-order valence-electron chi connectivity index (χ3n) is 6.41. The first-order valence-corrected chi connectivity index (χ1v) is 13.4. The quantitative estimate of drug-likeness (QED) is 0.414. The summed E-state index contributed by atoms with van der Waals surface area (Å²) in [5, 5.41) is 3.03. The number of nitrogens with one attached hydrogen (secondary N) is 1. The number of hydrogen-bond acceptors (Lipinski definition) is 7. The molecule has 3 rings (SSSR count). The van der Waals surface area contributed by atoms with Crippen LogP contribution in [0, 0.1) is 5.92 Å². The minimum absolute atomic E-state index is 0.0380.